The van der Waals surface area contributed by atoms with Gasteiger partial charge in [0.2, 0.25) is 5.91 Å². The number of hydrogen-bond donors (Lipinski definition) is 3. The van der Waals surface area contributed by atoms with Gasteiger partial charge in [-0.1, -0.05) is 48.8 Å². The molecule has 2 atom stereocenters. The highest BCUT2D eigenvalue weighted by Crippen LogP contribution is 2.14. The number of carboxylic acids is 1. The van der Waals surface area contributed by atoms with Crippen LogP contribution in [-0.4, -0.2) is 52.3 Å². The number of hydrogen-bond acceptors (Lipinski definition) is 5. The Morgan fingerprint density at radius 2 is 1.47 bits per heavy atom. The van der Waals surface area contributed by atoms with Gasteiger partial charge in [0.25, 0.3) is 0 Å². The largest absolute Gasteiger partial charge is 0.480 e. The van der Waals surface area contributed by atoms with Crippen LogP contribution in [0.5, 0.6) is 0 Å². The molecule has 206 valence electrons. The summed E-state index contributed by atoms with van der Waals surface area (Å²) in [5.74, 6) is -0.994. The van der Waals surface area contributed by atoms with Crippen molar-refractivity contribution in [3.05, 3.63) is 34.9 Å². The normalized spacial score (nSPS) is 14.2. The molecule has 0 aromatic heterocycles. The van der Waals surface area contributed by atoms with Crippen LogP contribution in [0, 0.1) is 5.92 Å². The average molecular weight is 525 g/mol. The lowest BCUT2D eigenvalue weighted by atomic mass is 10.0. The summed E-state index contributed by atoms with van der Waals surface area (Å²) in [5.41, 5.74) is 3.30. The molecule has 0 aliphatic rings. The van der Waals surface area contributed by atoms with Gasteiger partial charge in [0.05, 0.1) is 0 Å². The molecule has 8 heteroatoms. The first-order valence-corrected chi connectivity index (χ1v) is 13.8. The molecule has 2 amide bonds. The Bertz CT molecular complexity index is 805. The summed E-state index contributed by atoms with van der Waals surface area (Å²) in [5, 5.41) is 14.7. The van der Waals surface area contributed by atoms with E-state index in [4.69, 9.17) is 4.74 Å². The number of rotatable bonds is 15. The van der Waals surface area contributed by atoms with Crippen LogP contribution in [0.3, 0.4) is 0 Å². The molecule has 0 spiro atoms. The van der Waals surface area contributed by atoms with Crippen LogP contribution in [0.25, 0.3) is 0 Å². The van der Waals surface area contributed by atoms with E-state index in [0.717, 1.165) is 25.7 Å². The van der Waals surface area contributed by atoms with E-state index in [9.17, 15) is 19.5 Å². The summed E-state index contributed by atoms with van der Waals surface area (Å²) in [6, 6.07) is -1.95. The molecule has 36 heavy (non-hydrogen) atoms. The van der Waals surface area contributed by atoms with Gasteiger partial charge >= 0.3 is 12.1 Å². The minimum absolute atomic E-state index is 0.228. The third-order valence-electron chi connectivity index (χ3n) is 5.19. The lowest BCUT2D eigenvalue weighted by Gasteiger charge is -2.26. The number of aliphatic carboxylic acids is 1. The second-order valence-corrected chi connectivity index (χ2v) is 11.8. The van der Waals surface area contributed by atoms with Gasteiger partial charge in [-0.05, 0) is 80.1 Å². The lowest BCUT2D eigenvalue weighted by Crippen LogP contribution is -2.55. The predicted molar refractivity (Wildman–Crippen MR) is 150 cm³/mol. The number of nitrogens with one attached hydrogen (secondary N) is 2. The monoisotopic (exact) mass is 524 g/mol. The van der Waals surface area contributed by atoms with E-state index in [1.807, 2.05) is 0 Å². The number of thioether (sulfide) groups is 1. The molecule has 0 aromatic rings. The Hall–Kier alpha value is -2.22. The van der Waals surface area contributed by atoms with Gasteiger partial charge in [-0.25, -0.2) is 9.59 Å². The SMILES string of the molecule is CC(C)=CCCC(C)=CCCC(C)=CCSC[C@H](NC(=O)[C@@H](NC(=O)OC(C)(C)C)C(C)C)C(=O)O. The first kappa shape index (κ1) is 33.8. The molecular weight excluding hydrogens is 476 g/mol. The van der Waals surface area contributed by atoms with E-state index in [2.05, 4.69) is 56.6 Å². The number of carbonyl (C=O) groups is 3. The summed E-state index contributed by atoms with van der Waals surface area (Å²) < 4.78 is 5.23. The second kappa shape index (κ2) is 17.3. The Labute approximate surface area is 222 Å². The summed E-state index contributed by atoms with van der Waals surface area (Å²) in [6.07, 6.45) is 10.1. The van der Waals surface area contributed by atoms with Crippen LogP contribution in [-0.2, 0) is 14.3 Å². The maximum atomic E-state index is 12.7. The first-order valence-electron chi connectivity index (χ1n) is 12.7. The summed E-state index contributed by atoms with van der Waals surface area (Å²) in [4.78, 5) is 36.6. The van der Waals surface area contributed by atoms with E-state index < -0.39 is 35.7 Å². The van der Waals surface area contributed by atoms with Gasteiger partial charge in [0.1, 0.15) is 17.7 Å². The number of alkyl carbamates (subject to hydrolysis) is 1. The minimum atomic E-state index is -1.11. The smallest absolute Gasteiger partial charge is 0.408 e. The Kier molecular flexibility index (Phi) is 16.2. The summed E-state index contributed by atoms with van der Waals surface area (Å²) in [7, 11) is 0. The molecule has 0 fully saturated rings. The third kappa shape index (κ3) is 17.2. The fourth-order valence-corrected chi connectivity index (χ4v) is 4.13. The summed E-state index contributed by atoms with van der Waals surface area (Å²) in [6.45, 7) is 17.2. The fourth-order valence-electron chi connectivity index (χ4n) is 3.13. The van der Waals surface area contributed by atoms with Crippen molar-refractivity contribution in [3.8, 4) is 0 Å². The second-order valence-electron chi connectivity index (χ2n) is 10.8. The Morgan fingerprint density at radius 3 is 1.97 bits per heavy atom. The first-order chi connectivity index (χ1) is 16.6. The number of carboxylic acid groups (broad SMARTS) is 1. The van der Waals surface area contributed by atoms with Crippen molar-refractivity contribution in [1.29, 1.82) is 0 Å². The van der Waals surface area contributed by atoms with E-state index >= 15 is 0 Å². The topological polar surface area (TPSA) is 105 Å². The van der Waals surface area contributed by atoms with Crippen LogP contribution in [0.1, 0.15) is 88.0 Å². The molecule has 0 saturated heterocycles. The lowest BCUT2D eigenvalue weighted by molar-refractivity contribution is -0.141. The van der Waals surface area contributed by atoms with E-state index in [1.54, 1.807) is 34.6 Å². The van der Waals surface area contributed by atoms with Crippen LogP contribution >= 0.6 is 11.8 Å². The molecular formula is C28H48N2O5S. The highest BCUT2D eigenvalue weighted by Gasteiger charge is 2.30. The van der Waals surface area contributed by atoms with Crippen molar-refractivity contribution < 1.29 is 24.2 Å². The predicted octanol–water partition coefficient (Wildman–Crippen LogP) is 6.26. The standard InChI is InChI=1S/C28H48N2O5S/c1-19(2)12-10-13-21(5)14-11-15-22(6)16-17-36-18-23(26(32)33)29-25(31)24(20(3)4)30-27(34)35-28(7,8)9/h12,14,16,20,23-24H,10-11,13,15,17-18H2,1-9H3,(H,29,31)(H,30,34)(H,32,33)/t23-,24-/m0/s1. The van der Waals surface area contributed by atoms with Gasteiger partial charge in [0, 0.05) is 11.5 Å². The number of amides is 2. The Morgan fingerprint density at radius 1 is 0.917 bits per heavy atom. The number of allylic oxidation sites excluding steroid dienone is 5. The van der Waals surface area contributed by atoms with Crippen LogP contribution in [0.2, 0.25) is 0 Å². The van der Waals surface area contributed by atoms with Gasteiger partial charge < -0.3 is 20.5 Å². The Balaban J connectivity index is 4.69. The molecule has 0 aliphatic carbocycles. The van der Waals surface area contributed by atoms with Gasteiger partial charge in [0.15, 0.2) is 0 Å². The van der Waals surface area contributed by atoms with E-state index in [-0.39, 0.29) is 11.7 Å². The van der Waals surface area contributed by atoms with Crippen LogP contribution < -0.4 is 10.6 Å². The molecule has 0 unspecified atom stereocenters. The minimum Gasteiger partial charge on any atom is -0.480 e. The highest BCUT2D eigenvalue weighted by molar-refractivity contribution is 7.99. The van der Waals surface area contributed by atoms with Gasteiger partial charge in [-0.2, -0.15) is 11.8 Å². The van der Waals surface area contributed by atoms with Crippen molar-refractivity contribution in [2.75, 3.05) is 11.5 Å². The van der Waals surface area contributed by atoms with E-state index in [1.165, 1.54) is 28.5 Å². The molecule has 3 N–H and O–H groups in total. The molecule has 7 nitrogen and oxygen atoms in total. The summed E-state index contributed by atoms with van der Waals surface area (Å²) >= 11 is 1.45. The van der Waals surface area contributed by atoms with Crippen molar-refractivity contribution in [2.24, 2.45) is 5.92 Å². The van der Waals surface area contributed by atoms with Crippen molar-refractivity contribution >= 4 is 29.7 Å². The quantitative estimate of drug-likeness (QED) is 0.173. The number of ether oxygens (including phenoxy) is 1. The fraction of sp³-hybridized carbons (Fsp3) is 0.679. The zero-order valence-electron chi connectivity index (χ0n) is 23.7. The molecule has 0 aromatic carbocycles. The van der Waals surface area contributed by atoms with Gasteiger partial charge in [-0.3, -0.25) is 4.79 Å². The van der Waals surface area contributed by atoms with Crippen LogP contribution in [0.4, 0.5) is 4.79 Å². The van der Waals surface area contributed by atoms with Crippen molar-refractivity contribution in [2.45, 2.75) is 106 Å². The van der Waals surface area contributed by atoms with Crippen molar-refractivity contribution in [1.82, 2.24) is 10.6 Å². The zero-order valence-corrected chi connectivity index (χ0v) is 24.5. The molecule has 0 aliphatic heterocycles. The van der Waals surface area contributed by atoms with E-state index in [0.29, 0.717) is 5.75 Å². The maximum absolute atomic E-state index is 12.7. The van der Waals surface area contributed by atoms with Crippen LogP contribution in [0.15, 0.2) is 34.9 Å². The van der Waals surface area contributed by atoms with Gasteiger partial charge in [-0.15, -0.1) is 0 Å². The molecule has 0 heterocycles. The average Bonchev–Trinajstić information content (AvgIpc) is 2.72. The van der Waals surface area contributed by atoms with Crippen molar-refractivity contribution in [3.63, 3.8) is 0 Å². The molecule has 0 rings (SSSR count). The molecule has 0 saturated carbocycles. The third-order valence-corrected chi connectivity index (χ3v) is 6.16. The molecule has 0 radical (unpaired) electrons. The highest BCUT2D eigenvalue weighted by atomic mass is 32.2. The molecule has 0 bridgehead atoms. The maximum Gasteiger partial charge on any atom is 0.408 e. The number of carbonyl (C=O) groups excluding carboxylic acids is 2. The zero-order chi connectivity index (χ0) is 27.9.